The lowest BCUT2D eigenvalue weighted by atomic mass is 10.4. The fraction of sp³-hybridized carbons (Fsp3) is 0.500. The number of thioether (sulfide) groups is 1. The van der Waals surface area contributed by atoms with Crippen LogP contribution in [0.3, 0.4) is 0 Å². The minimum atomic E-state index is 0.171. The number of ether oxygens (including phenoxy) is 1. The Morgan fingerprint density at radius 3 is 3.11 bits per heavy atom. The van der Waals surface area contributed by atoms with Crippen molar-refractivity contribution in [1.29, 1.82) is 0 Å². The van der Waals surface area contributed by atoms with E-state index >= 15 is 0 Å². The molecule has 9 heavy (non-hydrogen) atoms. The first-order chi connectivity index (χ1) is 4.36. The van der Waals surface area contributed by atoms with E-state index in [4.69, 9.17) is 4.74 Å². The van der Waals surface area contributed by atoms with E-state index < -0.39 is 0 Å². The second-order valence-electron chi connectivity index (χ2n) is 1.74. The van der Waals surface area contributed by atoms with Crippen molar-refractivity contribution in [3.63, 3.8) is 0 Å². The van der Waals surface area contributed by atoms with Crippen molar-refractivity contribution in [3.05, 3.63) is 11.8 Å². The Balaban J connectivity index is 2.39. The van der Waals surface area contributed by atoms with E-state index in [9.17, 15) is 4.79 Å². The summed E-state index contributed by atoms with van der Waals surface area (Å²) in [5, 5.41) is 0. The molecule has 0 aromatic rings. The molecule has 50 valence electrons. The minimum absolute atomic E-state index is 0.171. The zero-order chi connectivity index (χ0) is 6.69. The molecule has 1 aliphatic rings. The summed E-state index contributed by atoms with van der Waals surface area (Å²) in [5.74, 6) is 0.481. The van der Waals surface area contributed by atoms with Gasteiger partial charge >= 0.3 is 0 Å². The first-order valence-corrected chi connectivity index (χ1v) is 4.00. The number of aldehydes is 1. The first kappa shape index (κ1) is 6.68. The highest BCUT2D eigenvalue weighted by Gasteiger charge is 2.14. The van der Waals surface area contributed by atoms with Crippen LogP contribution in [0.4, 0.5) is 0 Å². The maximum atomic E-state index is 10.1. The smallest absolute Gasteiger partial charge is 0.184 e. The zero-order valence-electron chi connectivity index (χ0n) is 5.16. The van der Waals surface area contributed by atoms with Gasteiger partial charge in [-0.25, -0.2) is 0 Å². The third-order valence-corrected chi connectivity index (χ3v) is 1.97. The van der Waals surface area contributed by atoms with Crippen LogP contribution in [0.25, 0.3) is 0 Å². The van der Waals surface area contributed by atoms with Crippen molar-refractivity contribution < 1.29 is 9.53 Å². The average Bonchev–Trinajstić information content (AvgIpc) is 2.34. The molecule has 1 aliphatic heterocycles. The van der Waals surface area contributed by atoms with Gasteiger partial charge in [-0.3, -0.25) is 4.79 Å². The highest BCUT2D eigenvalue weighted by Crippen LogP contribution is 2.22. The van der Waals surface area contributed by atoms with Crippen LogP contribution >= 0.6 is 11.8 Å². The van der Waals surface area contributed by atoms with Gasteiger partial charge in [-0.05, 0) is 12.3 Å². The van der Waals surface area contributed by atoms with E-state index in [0.717, 1.165) is 12.7 Å². The van der Waals surface area contributed by atoms with Crippen LogP contribution in [-0.4, -0.2) is 18.0 Å². The molecule has 0 aliphatic carbocycles. The summed E-state index contributed by atoms with van der Waals surface area (Å²) in [5.41, 5.74) is 0.171. The summed E-state index contributed by atoms with van der Waals surface area (Å²) < 4.78 is 5.12. The third-order valence-electron chi connectivity index (χ3n) is 1.16. The lowest BCUT2D eigenvalue weighted by molar-refractivity contribution is -0.107. The number of carbonyl (C=O) groups is 1. The van der Waals surface area contributed by atoms with Gasteiger partial charge < -0.3 is 4.74 Å². The summed E-state index contributed by atoms with van der Waals surface area (Å²) in [4.78, 5) is 10.1. The van der Waals surface area contributed by atoms with Crippen LogP contribution in [0.2, 0.25) is 0 Å². The molecular weight excluding hydrogens is 136 g/mol. The Labute approximate surface area is 58.3 Å². The summed E-state index contributed by atoms with van der Waals surface area (Å²) in [7, 11) is 0. The fourth-order valence-corrected chi connectivity index (χ4v) is 1.18. The second-order valence-corrected chi connectivity index (χ2v) is 2.74. The highest BCUT2D eigenvalue weighted by molar-refractivity contribution is 7.99. The molecule has 0 fully saturated rings. The van der Waals surface area contributed by atoms with E-state index in [0.29, 0.717) is 5.76 Å². The van der Waals surface area contributed by atoms with Crippen LogP contribution in [-0.2, 0) is 9.53 Å². The summed E-state index contributed by atoms with van der Waals surface area (Å²) in [6.07, 6.45) is 5.38. The Morgan fingerprint density at radius 2 is 2.78 bits per heavy atom. The third kappa shape index (κ3) is 1.48. The van der Waals surface area contributed by atoms with Crippen LogP contribution in [0.5, 0.6) is 0 Å². The lowest BCUT2D eigenvalue weighted by Gasteiger charge is -2.05. The molecule has 1 rings (SSSR count). The number of carbonyl (C=O) groups excluding carboxylic acids is 1. The molecule has 1 heterocycles. The molecule has 0 saturated heterocycles. The van der Waals surface area contributed by atoms with E-state index in [-0.39, 0.29) is 5.44 Å². The fourth-order valence-electron chi connectivity index (χ4n) is 0.681. The van der Waals surface area contributed by atoms with E-state index in [1.807, 2.05) is 12.3 Å². The van der Waals surface area contributed by atoms with Crippen molar-refractivity contribution in [3.8, 4) is 0 Å². The van der Waals surface area contributed by atoms with Crippen molar-refractivity contribution in [2.45, 2.75) is 11.9 Å². The lowest BCUT2D eigenvalue weighted by Crippen LogP contribution is -1.98. The molecular formula is C6H8O2S. The molecule has 0 aromatic heterocycles. The normalized spacial score (nSPS) is 25.0. The molecule has 0 bridgehead atoms. The number of rotatable bonds is 2. The molecule has 0 amide bonds. The average molecular weight is 144 g/mol. The van der Waals surface area contributed by atoms with Gasteiger partial charge in [0, 0.05) is 6.42 Å². The van der Waals surface area contributed by atoms with Crippen LogP contribution in [0, 0.1) is 0 Å². The van der Waals surface area contributed by atoms with Crippen molar-refractivity contribution in [1.82, 2.24) is 0 Å². The number of hydrogen-bond acceptors (Lipinski definition) is 3. The molecule has 2 nitrogen and oxygen atoms in total. The molecule has 1 unspecified atom stereocenters. The SMILES string of the molecule is CSC1CC=C(C=O)O1. The van der Waals surface area contributed by atoms with E-state index in [1.165, 1.54) is 0 Å². The Hall–Kier alpha value is -0.440. The van der Waals surface area contributed by atoms with Crippen molar-refractivity contribution >= 4 is 18.0 Å². The predicted octanol–water partition coefficient (Wildman–Crippen LogP) is 1.18. The quantitative estimate of drug-likeness (QED) is 0.544. The molecule has 1 atom stereocenters. The van der Waals surface area contributed by atoms with Gasteiger partial charge in [-0.15, -0.1) is 11.8 Å². The minimum Gasteiger partial charge on any atom is -0.476 e. The Morgan fingerprint density at radius 1 is 2.00 bits per heavy atom. The van der Waals surface area contributed by atoms with Gasteiger partial charge in [-0.1, -0.05) is 0 Å². The topological polar surface area (TPSA) is 26.3 Å². The maximum absolute atomic E-state index is 10.1. The van der Waals surface area contributed by atoms with Crippen LogP contribution < -0.4 is 0 Å². The summed E-state index contributed by atoms with van der Waals surface area (Å²) in [6.45, 7) is 0. The first-order valence-electron chi connectivity index (χ1n) is 2.71. The van der Waals surface area contributed by atoms with Gasteiger partial charge in [0.05, 0.1) is 0 Å². The Kier molecular flexibility index (Phi) is 2.16. The molecule has 0 saturated carbocycles. The Bertz CT molecular complexity index is 142. The zero-order valence-corrected chi connectivity index (χ0v) is 5.98. The standard InChI is InChI=1S/C6H8O2S/c1-9-6-3-2-5(4-7)8-6/h2,4,6H,3H2,1H3. The molecule has 0 N–H and O–H groups in total. The van der Waals surface area contributed by atoms with Gasteiger partial charge in [0.15, 0.2) is 12.0 Å². The van der Waals surface area contributed by atoms with Crippen LogP contribution in [0.1, 0.15) is 6.42 Å². The van der Waals surface area contributed by atoms with Gasteiger partial charge in [0.1, 0.15) is 5.44 Å². The largest absolute Gasteiger partial charge is 0.476 e. The number of allylic oxidation sites excluding steroid dienone is 1. The predicted molar refractivity (Wildman–Crippen MR) is 37.2 cm³/mol. The van der Waals surface area contributed by atoms with Crippen molar-refractivity contribution in [2.75, 3.05) is 6.26 Å². The van der Waals surface area contributed by atoms with Gasteiger partial charge in [-0.2, -0.15) is 0 Å². The number of hydrogen-bond donors (Lipinski definition) is 0. The second kappa shape index (κ2) is 2.92. The summed E-state index contributed by atoms with van der Waals surface area (Å²) >= 11 is 1.62. The van der Waals surface area contributed by atoms with Gasteiger partial charge in [0.25, 0.3) is 0 Å². The van der Waals surface area contributed by atoms with E-state index in [1.54, 1.807) is 11.8 Å². The van der Waals surface area contributed by atoms with Crippen molar-refractivity contribution in [2.24, 2.45) is 0 Å². The molecule has 3 heteroatoms. The monoisotopic (exact) mass is 144 g/mol. The molecule has 0 aromatic carbocycles. The van der Waals surface area contributed by atoms with Gasteiger partial charge in [0.2, 0.25) is 0 Å². The van der Waals surface area contributed by atoms with Crippen LogP contribution in [0.15, 0.2) is 11.8 Å². The summed E-state index contributed by atoms with van der Waals surface area (Å²) in [6, 6.07) is 0. The van der Waals surface area contributed by atoms with E-state index in [2.05, 4.69) is 0 Å². The molecule has 0 radical (unpaired) electrons. The highest BCUT2D eigenvalue weighted by atomic mass is 32.2. The maximum Gasteiger partial charge on any atom is 0.184 e. The molecule has 0 spiro atoms.